The lowest BCUT2D eigenvalue weighted by atomic mass is 9.96. The summed E-state index contributed by atoms with van der Waals surface area (Å²) in [6, 6.07) is 14.7. The molecule has 0 fully saturated rings. The number of anilines is 2. The third kappa shape index (κ3) is 4.88. The number of ether oxygens (including phenoxy) is 2. The van der Waals surface area contributed by atoms with Gasteiger partial charge in [-0.25, -0.2) is 4.98 Å². The van der Waals surface area contributed by atoms with Gasteiger partial charge in [-0.2, -0.15) is 0 Å². The number of hydrogen-bond donors (Lipinski definition) is 2. The van der Waals surface area contributed by atoms with Gasteiger partial charge in [0.05, 0.1) is 12.8 Å². The topological polar surface area (TPSA) is 89.6 Å². The Morgan fingerprint density at radius 3 is 2.61 bits per heavy atom. The summed E-state index contributed by atoms with van der Waals surface area (Å²) in [5.74, 6) is 0.280. The minimum Gasteiger partial charge on any atom is -0.481 e. The van der Waals surface area contributed by atoms with E-state index in [-0.39, 0.29) is 11.7 Å². The van der Waals surface area contributed by atoms with Crippen LogP contribution in [0.25, 0.3) is 11.1 Å². The highest BCUT2D eigenvalue weighted by atomic mass is 16.5. The molecule has 2 N–H and O–H groups in total. The van der Waals surface area contributed by atoms with Crippen LogP contribution in [0.1, 0.15) is 39.1 Å². The number of carbonyl (C=O) groups excluding carboxylic acids is 2. The zero-order valence-electron chi connectivity index (χ0n) is 18.8. The molecular weight excluding hydrogens is 418 g/mol. The van der Waals surface area contributed by atoms with E-state index in [9.17, 15) is 9.59 Å². The summed E-state index contributed by atoms with van der Waals surface area (Å²) in [6.45, 7) is 1.49. The van der Waals surface area contributed by atoms with E-state index >= 15 is 0 Å². The van der Waals surface area contributed by atoms with Crippen molar-refractivity contribution in [1.29, 1.82) is 0 Å². The number of benzene rings is 2. The summed E-state index contributed by atoms with van der Waals surface area (Å²) in [7, 11) is 3.26. The van der Waals surface area contributed by atoms with Crippen LogP contribution in [-0.4, -0.2) is 44.0 Å². The van der Waals surface area contributed by atoms with Gasteiger partial charge in [-0.15, -0.1) is 0 Å². The molecule has 1 aliphatic rings. The van der Waals surface area contributed by atoms with Crippen LogP contribution in [-0.2, 0) is 11.2 Å². The Balaban J connectivity index is 1.55. The molecule has 0 saturated heterocycles. The Kier molecular flexibility index (Phi) is 7.00. The van der Waals surface area contributed by atoms with Crippen LogP contribution in [0, 0.1) is 0 Å². The predicted molar refractivity (Wildman–Crippen MR) is 128 cm³/mol. The Bertz CT molecular complexity index is 1160. The summed E-state index contributed by atoms with van der Waals surface area (Å²) in [5.41, 5.74) is 5.22. The van der Waals surface area contributed by atoms with E-state index in [2.05, 4.69) is 15.6 Å². The summed E-state index contributed by atoms with van der Waals surface area (Å²) >= 11 is 0. The van der Waals surface area contributed by atoms with Gasteiger partial charge in [-0.05, 0) is 66.4 Å². The van der Waals surface area contributed by atoms with E-state index in [0.29, 0.717) is 42.1 Å². The van der Waals surface area contributed by atoms with Crippen molar-refractivity contribution in [2.24, 2.45) is 0 Å². The first-order valence-electron chi connectivity index (χ1n) is 10.9. The van der Waals surface area contributed by atoms with Gasteiger partial charge < -0.3 is 20.1 Å². The number of hydrogen-bond acceptors (Lipinski definition) is 6. The third-order valence-corrected chi connectivity index (χ3v) is 5.70. The number of nitrogens with zero attached hydrogens (tertiary/aromatic N) is 1. The van der Waals surface area contributed by atoms with Crippen molar-refractivity contribution in [1.82, 2.24) is 4.98 Å². The smallest absolute Gasteiger partial charge is 0.255 e. The number of nitrogens with one attached hydrogen (secondary N) is 2. The van der Waals surface area contributed by atoms with Crippen molar-refractivity contribution >= 4 is 23.1 Å². The van der Waals surface area contributed by atoms with Gasteiger partial charge in [0.25, 0.3) is 5.91 Å². The number of ketones is 1. The van der Waals surface area contributed by atoms with Crippen molar-refractivity contribution in [3.8, 4) is 17.0 Å². The van der Waals surface area contributed by atoms with Crippen LogP contribution in [0.15, 0.2) is 54.7 Å². The average molecular weight is 446 g/mol. The van der Waals surface area contributed by atoms with E-state index in [1.54, 1.807) is 38.6 Å². The Morgan fingerprint density at radius 2 is 1.85 bits per heavy atom. The number of fused-ring (bicyclic) bond motifs is 1. The highest BCUT2D eigenvalue weighted by molar-refractivity contribution is 6.12. The third-order valence-electron chi connectivity index (χ3n) is 5.70. The highest BCUT2D eigenvalue weighted by Gasteiger charge is 2.28. The monoisotopic (exact) mass is 445 g/mol. The maximum Gasteiger partial charge on any atom is 0.255 e. The standard InChI is InChI=1S/C26H27N3O4/c1-32-16-4-15-27-18-8-6-17(7-9-18)25(31)29-22-12-10-19(20-11-13-23(30)24(20)22)21-5-3-14-28-26(21)33-2/h3,5-10,12,14,27H,4,11,13,15-16H2,1-2H3,(H,29,31). The molecule has 7 nitrogen and oxygen atoms in total. The van der Waals surface area contributed by atoms with Crippen LogP contribution >= 0.6 is 0 Å². The van der Waals surface area contributed by atoms with Gasteiger partial charge in [-0.3, -0.25) is 9.59 Å². The van der Waals surface area contributed by atoms with Gasteiger partial charge in [0.1, 0.15) is 0 Å². The van der Waals surface area contributed by atoms with Crippen LogP contribution in [0.2, 0.25) is 0 Å². The van der Waals surface area contributed by atoms with Crippen molar-refractivity contribution in [3.63, 3.8) is 0 Å². The molecule has 7 heteroatoms. The molecule has 1 amide bonds. The summed E-state index contributed by atoms with van der Waals surface area (Å²) in [5, 5.41) is 6.23. The molecule has 0 unspecified atom stereocenters. The van der Waals surface area contributed by atoms with Gasteiger partial charge in [0.2, 0.25) is 5.88 Å². The Morgan fingerprint density at radius 1 is 1.03 bits per heavy atom. The maximum atomic E-state index is 12.9. The van der Waals surface area contributed by atoms with Crippen LogP contribution in [0.5, 0.6) is 5.88 Å². The normalized spacial score (nSPS) is 12.4. The van der Waals surface area contributed by atoms with Crippen LogP contribution in [0.4, 0.5) is 11.4 Å². The molecule has 3 aromatic rings. The first-order chi connectivity index (χ1) is 16.1. The Hall–Kier alpha value is -3.71. The van der Waals surface area contributed by atoms with E-state index in [1.807, 2.05) is 30.3 Å². The van der Waals surface area contributed by atoms with Crippen molar-refractivity contribution < 1.29 is 19.1 Å². The number of carbonyl (C=O) groups is 2. The molecule has 0 aliphatic heterocycles. The second kappa shape index (κ2) is 10.3. The van der Waals surface area contributed by atoms with Crippen LogP contribution < -0.4 is 15.4 Å². The first kappa shape index (κ1) is 22.5. The van der Waals surface area contributed by atoms with Gasteiger partial charge in [0.15, 0.2) is 5.78 Å². The fourth-order valence-corrected chi connectivity index (χ4v) is 4.09. The molecule has 0 bridgehead atoms. The molecule has 0 radical (unpaired) electrons. The van der Waals surface area contributed by atoms with Gasteiger partial charge in [-0.1, -0.05) is 6.07 Å². The lowest BCUT2D eigenvalue weighted by Crippen LogP contribution is -2.14. The van der Waals surface area contributed by atoms with E-state index < -0.39 is 0 Å². The summed E-state index contributed by atoms with van der Waals surface area (Å²) < 4.78 is 10.5. The number of rotatable bonds is 9. The number of pyridine rings is 1. The highest BCUT2D eigenvalue weighted by Crippen LogP contribution is 2.39. The van der Waals surface area contributed by atoms with E-state index in [0.717, 1.165) is 35.3 Å². The second-order valence-corrected chi connectivity index (χ2v) is 7.80. The molecule has 2 aromatic carbocycles. The zero-order valence-corrected chi connectivity index (χ0v) is 18.8. The molecule has 0 atom stereocenters. The molecule has 0 spiro atoms. The second-order valence-electron chi connectivity index (χ2n) is 7.80. The maximum absolute atomic E-state index is 12.9. The fraction of sp³-hybridized carbons (Fsp3) is 0.269. The predicted octanol–water partition coefficient (Wildman–Crippen LogP) is 4.59. The first-order valence-corrected chi connectivity index (χ1v) is 10.9. The molecule has 170 valence electrons. The van der Waals surface area contributed by atoms with Crippen molar-refractivity contribution in [3.05, 3.63) is 71.4 Å². The largest absolute Gasteiger partial charge is 0.481 e. The van der Waals surface area contributed by atoms with Crippen molar-refractivity contribution in [2.75, 3.05) is 38.0 Å². The summed E-state index contributed by atoms with van der Waals surface area (Å²) in [4.78, 5) is 29.9. The number of methoxy groups -OCH3 is 2. The molecule has 33 heavy (non-hydrogen) atoms. The van der Waals surface area contributed by atoms with Gasteiger partial charge >= 0.3 is 0 Å². The molecule has 0 saturated carbocycles. The molecule has 1 aliphatic carbocycles. The number of amides is 1. The fourth-order valence-electron chi connectivity index (χ4n) is 4.09. The lowest BCUT2D eigenvalue weighted by Gasteiger charge is -2.15. The van der Waals surface area contributed by atoms with E-state index in [4.69, 9.17) is 9.47 Å². The average Bonchev–Trinajstić information content (AvgIpc) is 3.24. The minimum absolute atomic E-state index is 0.0283. The SMILES string of the molecule is COCCCNc1ccc(C(=O)Nc2ccc(-c3cccnc3OC)c3c2C(=O)CC3)cc1. The van der Waals surface area contributed by atoms with Crippen LogP contribution in [0.3, 0.4) is 0 Å². The Labute approximate surface area is 193 Å². The molecule has 1 aromatic heterocycles. The molecule has 1 heterocycles. The van der Waals surface area contributed by atoms with Crippen molar-refractivity contribution in [2.45, 2.75) is 19.3 Å². The zero-order chi connectivity index (χ0) is 23.2. The molecular formula is C26H27N3O4. The van der Waals surface area contributed by atoms with Gasteiger partial charge in [0, 0.05) is 55.3 Å². The minimum atomic E-state index is -0.255. The quantitative estimate of drug-likeness (QED) is 0.469. The number of Topliss-reactive ketones (excluding diaryl/α,β-unsaturated/α-hetero) is 1. The lowest BCUT2D eigenvalue weighted by molar-refractivity contribution is 0.0995. The van der Waals surface area contributed by atoms with E-state index in [1.165, 1.54) is 0 Å². The number of aromatic nitrogens is 1. The molecule has 4 rings (SSSR count). The summed E-state index contributed by atoms with van der Waals surface area (Å²) in [6.07, 6.45) is 3.61.